The van der Waals surface area contributed by atoms with Gasteiger partial charge in [0.1, 0.15) is 16.5 Å². The number of rotatable bonds is 2. The van der Waals surface area contributed by atoms with Crippen LogP contribution in [0, 0.1) is 18.6 Å². The minimum atomic E-state index is -4.04. The molecule has 112 valence electrons. The average Bonchev–Trinajstić information content (AvgIpc) is 2.33. The predicted octanol–water partition coefficient (Wildman–Crippen LogP) is 1.77. The lowest BCUT2D eigenvalue weighted by atomic mass is 10.0. The van der Waals surface area contributed by atoms with Crippen LogP contribution in [0.15, 0.2) is 17.0 Å². The van der Waals surface area contributed by atoms with E-state index in [1.54, 1.807) is 6.92 Å². The Hall–Kier alpha value is -1.05. The van der Waals surface area contributed by atoms with Crippen molar-refractivity contribution < 1.29 is 17.2 Å². The first kappa shape index (κ1) is 15.3. The molecular formula is C13H18F2N2O2S. The molecule has 0 unspecified atom stereocenters. The summed E-state index contributed by atoms with van der Waals surface area (Å²) in [5, 5.41) is 0. The highest BCUT2D eigenvalue weighted by Crippen LogP contribution is 2.27. The highest BCUT2D eigenvalue weighted by molar-refractivity contribution is 7.89. The monoisotopic (exact) mass is 304 g/mol. The van der Waals surface area contributed by atoms with Crippen molar-refractivity contribution in [2.24, 2.45) is 5.73 Å². The second-order valence-corrected chi connectivity index (χ2v) is 7.14. The highest BCUT2D eigenvalue weighted by Gasteiger charge is 2.35. The number of halogens is 2. The number of benzene rings is 1. The Labute approximate surface area is 117 Å². The van der Waals surface area contributed by atoms with Gasteiger partial charge in [0.2, 0.25) is 10.0 Å². The summed E-state index contributed by atoms with van der Waals surface area (Å²) in [6.45, 7) is 3.33. The van der Waals surface area contributed by atoms with Crippen LogP contribution < -0.4 is 5.73 Å². The molecule has 0 spiro atoms. The normalized spacial score (nSPS) is 24.9. The molecule has 2 atom stereocenters. The van der Waals surface area contributed by atoms with Crippen LogP contribution in [0.25, 0.3) is 0 Å². The topological polar surface area (TPSA) is 63.4 Å². The zero-order valence-corrected chi connectivity index (χ0v) is 12.3. The first-order valence-corrected chi connectivity index (χ1v) is 7.90. The first-order valence-electron chi connectivity index (χ1n) is 6.46. The van der Waals surface area contributed by atoms with E-state index in [1.807, 2.05) is 0 Å². The molecule has 1 aliphatic heterocycles. The fourth-order valence-corrected chi connectivity index (χ4v) is 4.21. The van der Waals surface area contributed by atoms with Crippen molar-refractivity contribution in [2.45, 2.75) is 43.7 Å². The van der Waals surface area contributed by atoms with Crippen molar-refractivity contribution in [3.63, 3.8) is 0 Å². The lowest BCUT2D eigenvalue weighted by Crippen LogP contribution is -2.48. The third kappa shape index (κ3) is 2.70. The molecule has 1 aromatic rings. The second-order valence-electron chi connectivity index (χ2n) is 5.28. The first-order chi connectivity index (χ1) is 9.23. The summed E-state index contributed by atoms with van der Waals surface area (Å²) in [7, 11) is -4.04. The third-order valence-corrected chi connectivity index (χ3v) is 5.68. The van der Waals surface area contributed by atoms with Crippen LogP contribution in [0.2, 0.25) is 0 Å². The lowest BCUT2D eigenvalue weighted by molar-refractivity contribution is 0.246. The van der Waals surface area contributed by atoms with Crippen molar-refractivity contribution >= 4 is 10.0 Å². The largest absolute Gasteiger partial charge is 0.328 e. The maximum absolute atomic E-state index is 13.9. The maximum Gasteiger partial charge on any atom is 0.246 e. The summed E-state index contributed by atoms with van der Waals surface area (Å²) in [5.74, 6) is -1.66. The van der Waals surface area contributed by atoms with Crippen LogP contribution in [0.4, 0.5) is 8.78 Å². The number of hydrogen-bond acceptors (Lipinski definition) is 3. The standard InChI is InChI=1S/C13H18F2N2O2S/c1-8-5-12(15)13(7-11(8)14)20(18,19)17-4-3-10(16)6-9(17)2/h5,7,9-10H,3-4,6,16H2,1-2H3/t9-,10+/m1/s1. The van der Waals surface area contributed by atoms with Crippen LogP contribution in [0.1, 0.15) is 25.3 Å². The molecular weight excluding hydrogens is 286 g/mol. The van der Waals surface area contributed by atoms with Crippen LogP contribution in [-0.4, -0.2) is 31.4 Å². The van der Waals surface area contributed by atoms with Crippen molar-refractivity contribution in [1.82, 2.24) is 4.31 Å². The van der Waals surface area contributed by atoms with Crippen molar-refractivity contribution in [1.29, 1.82) is 0 Å². The van der Waals surface area contributed by atoms with Gasteiger partial charge in [0.25, 0.3) is 0 Å². The van der Waals surface area contributed by atoms with Gasteiger partial charge < -0.3 is 5.73 Å². The number of aryl methyl sites for hydroxylation is 1. The molecule has 7 heteroatoms. The lowest BCUT2D eigenvalue weighted by Gasteiger charge is -2.35. The molecule has 4 nitrogen and oxygen atoms in total. The molecule has 2 rings (SSSR count). The zero-order valence-electron chi connectivity index (χ0n) is 11.4. The molecule has 1 aromatic carbocycles. The smallest absolute Gasteiger partial charge is 0.246 e. The van der Waals surface area contributed by atoms with Crippen molar-refractivity contribution in [3.8, 4) is 0 Å². The van der Waals surface area contributed by atoms with Gasteiger partial charge in [-0.15, -0.1) is 0 Å². The van der Waals surface area contributed by atoms with Gasteiger partial charge >= 0.3 is 0 Å². The second kappa shape index (κ2) is 5.38. The molecule has 0 radical (unpaired) electrons. The fraction of sp³-hybridized carbons (Fsp3) is 0.538. The SMILES string of the molecule is Cc1cc(F)c(S(=O)(=O)N2CC[C@H](N)C[C@H]2C)cc1F. The minimum Gasteiger partial charge on any atom is -0.328 e. The van der Waals surface area contributed by atoms with Gasteiger partial charge in [-0.2, -0.15) is 4.31 Å². The van der Waals surface area contributed by atoms with E-state index in [0.717, 1.165) is 12.1 Å². The van der Waals surface area contributed by atoms with Crippen LogP contribution in [-0.2, 0) is 10.0 Å². The quantitative estimate of drug-likeness (QED) is 0.906. The Kier molecular flexibility index (Phi) is 4.13. The summed E-state index contributed by atoms with van der Waals surface area (Å²) in [6, 6.07) is 1.27. The van der Waals surface area contributed by atoms with E-state index in [1.165, 1.54) is 11.2 Å². The molecule has 1 saturated heterocycles. The van der Waals surface area contributed by atoms with Gasteiger partial charge in [-0.1, -0.05) is 0 Å². The molecule has 1 aliphatic rings. The van der Waals surface area contributed by atoms with E-state index in [9.17, 15) is 17.2 Å². The van der Waals surface area contributed by atoms with Crippen LogP contribution >= 0.6 is 0 Å². The molecule has 0 aliphatic carbocycles. The number of sulfonamides is 1. The van der Waals surface area contributed by atoms with Crippen molar-refractivity contribution in [2.75, 3.05) is 6.54 Å². The summed E-state index contributed by atoms with van der Waals surface area (Å²) in [4.78, 5) is -0.608. The van der Waals surface area contributed by atoms with E-state index in [-0.39, 0.29) is 24.2 Å². The molecule has 0 amide bonds. The number of hydrogen-bond donors (Lipinski definition) is 1. The fourth-order valence-electron chi connectivity index (χ4n) is 2.50. The van der Waals surface area contributed by atoms with E-state index in [2.05, 4.69) is 0 Å². The summed E-state index contributed by atoms with van der Waals surface area (Å²) >= 11 is 0. The zero-order chi connectivity index (χ0) is 15.1. The molecule has 0 saturated carbocycles. The van der Waals surface area contributed by atoms with E-state index in [4.69, 9.17) is 5.73 Å². The average molecular weight is 304 g/mol. The van der Waals surface area contributed by atoms with Gasteiger partial charge in [-0.05, 0) is 44.4 Å². The van der Waals surface area contributed by atoms with Gasteiger partial charge in [0.05, 0.1) is 0 Å². The summed E-state index contributed by atoms with van der Waals surface area (Å²) in [6.07, 6.45) is 1.02. The van der Waals surface area contributed by atoms with E-state index < -0.39 is 26.6 Å². The predicted molar refractivity (Wildman–Crippen MR) is 71.7 cm³/mol. The Morgan fingerprint density at radius 3 is 2.55 bits per heavy atom. The molecule has 0 bridgehead atoms. The number of nitrogens with two attached hydrogens (primary N) is 1. The van der Waals surface area contributed by atoms with Crippen LogP contribution in [0.5, 0.6) is 0 Å². The Morgan fingerprint density at radius 1 is 1.30 bits per heavy atom. The van der Waals surface area contributed by atoms with Gasteiger partial charge in [-0.25, -0.2) is 17.2 Å². The van der Waals surface area contributed by atoms with E-state index in [0.29, 0.717) is 12.8 Å². The van der Waals surface area contributed by atoms with Gasteiger partial charge in [-0.3, -0.25) is 0 Å². The molecule has 0 aromatic heterocycles. The summed E-state index contributed by atoms with van der Waals surface area (Å²) < 4.78 is 53.6. The van der Waals surface area contributed by atoms with Crippen molar-refractivity contribution in [3.05, 3.63) is 29.3 Å². The molecule has 1 heterocycles. The maximum atomic E-state index is 13.9. The minimum absolute atomic E-state index is 0.0592. The molecule has 20 heavy (non-hydrogen) atoms. The molecule has 1 fully saturated rings. The molecule has 2 N–H and O–H groups in total. The summed E-state index contributed by atoms with van der Waals surface area (Å²) in [5.41, 5.74) is 5.87. The Bertz CT molecular complexity index is 619. The number of nitrogens with zero attached hydrogens (tertiary/aromatic N) is 1. The van der Waals surface area contributed by atoms with E-state index >= 15 is 0 Å². The van der Waals surface area contributed by atoms with Crippen LogP contribution in [0.3, 0.4) is 0 Å². The number of piperidine rings is 1. The Balaban J connectivity index is 2.43. The van der Waals surface area contributed by atoms with Gasteiger partial charge in [0, 0.05) is 18.6 Å². The Morgan fingerprint density at radius 2 is 1.95 bits per heavy atom. The van der Waals surface area contributed by atoms with Gasteiger partial charge in [0.15, 0.2) is 0 Å². The highest BCUT2D eigenvalue weighted by atomic mass is 32.2. The third-order valence-electron chi connectivity index (χ3n) is 3.66.